The maximum absolute atomic E-state index is 5.21. The molecule has 5 nitrogen and oxygen atoms in total. The third-order valence-corrected chi connectivity index (χ3v) is 4.45. The van der Waals surface area contributed by atoms with E-state index < -0.39 is 0 Å². The number of aromatic nitrogens is 2. The van der Waals surface area contributed by atoms with Crippen molar-refractivity contribution < 1.29 is 9.47 Å². The zero-order valence-corrected chi connectivity index (χ0v) is 14.0. The molecule has 0 N–H and O–H groups in total. The summed E-state index contributed by atoms with van der Waals surface area (Å²) in [6.45, 7) is 4.67. The van der Waals surface area contributed by atoms with Gasteiger partial charge in [-0.25, -0.2) is 0 Å². The van der Waals surface area contributed by atoms with Gasteiger partial charge < -0.3 is 9.47 Å². The Balaban J connectivity index is 1.84. The van der Waals surface area contributed by atoms with Gasteiger partial charge in [-0.15, -0.1) is 0 Å². The van der Waals surface area contributed by atoms with Gasteiger partial charge in [-0.1, -0.05) is 24.3 Å². The molecule has 1 fully saturated rings. The van der Waals surface area contributed by atoms with Gasteiger partial charge in [-0.2, -0.15) is 9.97 Å². The van der Waals surface area contributed by atoms with E-state index in [0.717, 1.165) is 11.3 Å². The predicted octanol–water partition coefficient (Wildman–Crippen LogP) is 3.32. The zero-order valence-electron chi connectivity index (χ0n) is 14.0. The first-order chi connectivity index (χ1) is 11.2. The van der Waals surface area contributed by atoms with Crippen LogP contribution in [0.25, 0.3) is 11.3 Å². The molecule has 0 saturated carbocycles. The van der Waals surface area contributed by atoms with Gasteiger partial charge in [0.2, 0.25) is 5.88 Å². The van der Waals surface area contributed by atoms with Crippen molar-refractivity contribution in [2.75, 3.05) is 27.3 Å². The van der Waals surface area contributed by atoms with Crippen LogP contribution in [0, 0.1) is 0 Å². The van der Waals surface area contributed by atoms with Gasteiger partial charge in [0.05, 0.1) is 19.9 Å². The Hall–Kier alpha value is -2.14. The highest BCUT2D eigenvalue weighted by Gasteiger charge is 2.19. The molecule has 0 spiro atoms. The number of ether oxygens (including phenoxy) is 2. The fourth-order valence-corrected chi connectivity index (χ4v) is 3.02. The normalized spacial score (nSPS) is 16.3. The molecule has 0 bridgehead atoms. The highest BCUT2D eigenvalue weighted by molar-refractivity contribution is 5.61. The number of hydrogen-bond donors (Lipinski definition) is 0. The first-order valence-corrected chi connectivity index (χ1v) is 8.02. The second kappa shape index (κ2) is 6.96. The molecule has 0 aliphatic carbocycles. The molecule has 1 aliphatic heterocycles. The lowest BCUT2D eigenvalue weighted by atomic mass is 10.0. The number of methoxy groups -OCH3 is 2. The highest BCUT2D eigenvalue weighted by Crippen LogP contribution is 2.28. The van der Waals surface area contributed by atoms with Gasteiger partial charge in [-0.05, 0) is 38.4 Å². The smallest absolute Gasteiger partial charge is 0.320 e. The topological polar surface area (TPSA) is 47.5 Å². The molecule has 1 aromatic carbocycles. The van der Waals surface area contributed by atoms with Crippen LogP contribution in [0.4, 0.5) is 0 Å². The summed E-state index contributed by atoms with van der Waals surface area (Å²) in [6, 6.07) is 11.2. The van der Waals surface area contributed by atoms with Gasteiger partial charge in [-0.3, -0.25) is 4.90 Å². The van der Waals surface area contributed by atoms with E-state index in [9.17, 15) is 0 Å². The summed E-state index contributed by atoms with van der Waals surface area (Å²) in [4.78, 5) is 11.1. The number of benzene rings is 1. The quantitative estimate of drug-likeness (QED) is 0.847. The van der Waals surface area contributed by atoms with Crippen LogP contribution in [0.15, 0.2) is 30.3 Å². The molecule has 23 heavy (non-hydrogen) atoms. The Morgan fingerprint density at radius 2 is 1.70 bits per heavy atom. The third-order valence-electron chi connectivity index (χ3n) is 4.45. The monoisotopic (exact) mass is 313 g/mol. The predicted molar refractivity (Wildman–Crippen MR) is 89.8 cm³/mol. The van der Waals surface area contributed by atoms with Crippen molar-refractivity contribution in [1.29, 1.82) is 0 Å². The average Bonchev–Trinajstić information content (AvgIpc) is 3.15. The second-order valence-corrected chi connectivity index (χ2v) is 5.82. The number of hydrogen-bond acceptors (Lipinski definition) is 5. The van der Waals surface area contributed by atoms with E-state index in [1.165, 1.54) is 31.5 Å². The molecule has 0 radical (unpaired) electrons. The third kappa shape index (κ3) is 3.45. The Morgan fingerprint density at radius 1 is 1.00 bits per heavy atom. The molecular formula is C18H23N3O2. The lowest BCUT2D eigenvalue weighted by Crippen LogP contribution is -2.23. The molecular weight excluding hydrogens is 290 g/mol. The van der Waals surface area contributed by atoms with E-state index >= 15 is 0 Å². The van der Waals surface area contributed by atoms with Gasteiger partial charge in [0.15, 0.2) is 0 Å². The van der Waals surface area contributed by atoms with Gasteiger partial charge in [0, 0.05) is 17.7 Å². The van der Waals surface area contributed by atoms with Crippen molar-refractivity contribution in [3.8, 4) is 23.1 Å². The van der Waals surface area contributed by atoms with E-state index in [-0.39, 0.29) is 0 Å². The van der Waals surface area contributed by atoms with Crippen LogP contribution in [0.5, 0.6) is 11.9 Å². The minimum absolute atomic E-state index is 0.314. The van der Waals surface area contributed by atoms with E-state index in [1.54, 1.807) is 14.2 Å². The Labute approximate surface area is 137 Å². The minimum atomic E-state index is 0.314. The summed E-state index contributed by atoms with van der Waals surface area (Å²) < 4.78 is 10.3. The molecule has 0 amide bonds. The molecule has 1 aromatic heterocycles. The SMILES string of the molecule is COc1cc(-c2ccc([C@H](C)N3CCCC3)cc2)nc(OC)n1. The molecule has 1 atom stereocenters. The summed E-state index contributed by atoms with van der Waals surface area (Å²) in [6.07, 6.45) is 2.62. The second-order valence-electron chi connectivity index (χ2n) is 5.82. The molecule has 0 unspecified atom stereocenters. The van der Waals surface area contributed by atoms with Crippen LogP contribution in [-0.4, -0.2) is 42.2 Å². The molecule has 122 valence electrons. The van der Waals surface area contributed by atoms with Crippen LogP contribution < -0.4 is 9.47 Å². The van der Waals surface area contributed by atoms with E-state index in [1.807, 2.05) is 6.07 Å². The van der Waals surface area contributed by atoms with Gasteiger partial charge in [0.1, 0.15) is 0 Å². The first kappa shape index (κ1) is 15.7. The fraction of sp³-hybridized carbons (Fsp3) is 0.444. The summed E-state index contributed by atoms with van der Waals surface area (Å²) in [7, 11) is 3.14. The van der Waals surface area contributed by atoms with Gasteiger partial charge >= 0.3 is 6.01 Å². The largest absolute Gasteiger partial charge is 0.481 e. The summed E-state index contributed by atoms with van der Waals surface area (Å²) >= 11 is 0. The van der Waals surface area contributed by atoms with Crippen molar-refractivity contribution in [2.45, 2.75) is 25.8 Å². The van der Waals surface area contributed by atoms with Crippen molar-refractivity contribution in [3.05, 3.63) is 35.9 Å². The standard InChI is InChI=1S/C18H23N3O2/c1-13(21-10-4-5-11-21)14-6-8-15(9-7-14)16-12-17(22-2)20-18(19-16)23-3/h6-9,12-13H,4-5,10-11H2,1-3H3/t13-/m0/s1. The molecule has 1 aliphatic rings. The van der Waals surface area contributed by atoms with E-state index in [4.69, 9.17) is 9.47 Å². The highest BCUT2D eigenvalue weighted by atomic mass is 16.5. The van der Waals surface area contributed by atoms with Crippen LogP contribution in [0.3, 0.4) is 0 Å². The minimum Gasteiger partial charge on any atom is -0.481 e. The number of rotatable bonds is 5. The molecule has 1 saturated heterocycles. The molecule has 2 heterocycles. The van der Waals surface area contributed by atoms with Gasteiger partial charge in [0.25, 0.3) is 0 Å². The molecule has 3 rings (SSSR count). The van der Waals surface area contributed by atoms with Crippen molar-refractivity contribution in [3.63, 3.8) is 0 Å². The summed E-state index contributed by atoms with van der Waals surface area (Å²) in [5, 5.41) is 0. The van der Waals surface area contributed by atoms with Crippen molar-refractivity contribution in [2.24, 2.45) is 0 Å². The Morgan fingerprint density at radius 3 is 2.30 bits per heavy atom. The summed E-state index contributed by atoms with van der Waals surface area (Å²) in [5.41, 5.74) is 3.17. The van der Waals surface area contributed by atoms with Crippen LogP contribution >= 0.6 is 0 Å². The zero-order chi connectivity index (χ0) is 16.2. The Bertz CT molecular complexity index is 630. The maximum atomic E-state index is 5.21. The first-order valence-electron chi connectivity index (χ1n) is 8.02. The van der Waals surface area contributed by atoms with Crippen molar-refractivity contribution in [1.82, 2.24) is 14.9 Å². The van der Waals surface area contributed by atoms with Crippen LogP contribution in [0.2, 0.25) is 0 Å². The van der Waals surface area contributed by atoms with Crippen LogP contribution in [0.1, 0.15) is 31.4 Å². The average molecular weight is 313 g/mol. The van der Waals surface area contributed by atoms with Crippen molar-refractivity contribution >= 4 is 0 Å². The Kier molecular flexibility index (Phi) is 4.76. The lowest BCUT2D eigenvalue weighted by Gasteiger charge is -2.24. The maximum Gasteiger partial charge on any atom is 0.320 e. The number of likely N-dealkylation sites (tertiary alicyclic amines) is 1. The van der Waals surface area contributed by atoms with E-state index in [2.05, 4.69) is 46.1 Å². The van der Waals surface area contributed by atoms with Crippen LogP contribution in [-0.2, 0) is 0 Å². The number of nitrogens with zero attached hydrogens (tertiary/aromatic N) is 3. The molecule has 2 aromatic rings. The lowest BCUT2D eigenvalue weighted by molar-refractivity contribution is 0.263. The summed E-state index contributed by atoms with van der Waals surface area (Å²) in [5.74, 6) is 0.501. The van der Waals surface area contributed by atoms with E-state index in [0.29, 0.717) is 17.9 Å². The fourth-order valence-electron chi connectivity index (χ4n) is 3.02. The molecule has 5 heteroatoms.